The summed E-state index contributed by atoms with van der Waals surface area (Å²) < 4.78 is 57.2. The minimum Gasteiger partial charge on any atom is -0.434 e. The van der Waals surface area contributed by atoms with E-state index in [0.29, 0.717) is 11.6 Å². The predicted octanol–water partition coefficient (Wildman–Crippen LogP) is 3.46. The Morgan fingerprint density at radius 1 is 1.14 bits per heavy atom. The van der Waals surface area contributed by atoms with Crippen molar-refractivity contribution in [2.45, 2.75) is 30.9 Å². The Morgan fingerprint density at radius 2 is 1.97 bits per heavy atom. The number of rotatable bonds is 4. The predicted molar refractivity (Wildman–Crippen MR) is 129 cm³/mol. The first-order valence-corrected chi connectivity index (χ1v) is 13.0. The van der Waals surface area contributed by atoms with E-state index in [9.17, 15) is 17.2 Å². The second kappa shape index (κ2) is 7.64. The average molecular weight is 494 g/mol. The van der Waals surface area contributed by atoms with Crippen LogP contribution in [0.4, 0.5) is 8.78 Å². The fourth-order valence-electron chi connectivity index (χ4n) is 5.05. The van der Waals surface area contributed by atoms with Gasteiger partial charge < -0.3 is 10.1 Å². The molecule has 1 N–H and O–H groups in total. The smallest absolute Gasteiger partial charge is 0.387 e. The summed E-state index contributed by atoms with van der Waals surface area (Å²) in [7, 11) is -3.31. The fraction of sp³-hybridized carbons (Fsp3) is 0.192. The van der Waals surface area contributed by atoms with Gasteiger partial charge >= 0.3 is 6.61 Å². The van der Waals surface area contributed by atoms with Crippen LogP contribution in [0.3, 0.4) is 0 Å². The molecule has 0 fully saturated rings. The number of benzene rings is 3. The first-order chi connectivity index (χ1) is 16.7. The van der Waals surface area contributed by atoms with Crippen molar-refractivity contribution in [3.8, 4) is 16.9 Å². The van der Waals surface area contributed by atoms with Gasteiger partial charge in [0.15, 0.2) is 9.84 Å². The standard InChI is InChI=1S/C26H21F2N3O3S/c1-14-10-17(35(2,32)33)7-8-18(14)15-6-9-19-21(11-15)31-22-12-20(25(31)30-19)29-13-16-4-3-5-23(24(16)22)34-26(27)28/h3-11,13,20,26,29H,12H2,1-2H3/t20-/m1/s1. The highest BCUT2D eigenvalue weighted by atomic mass is 32.2. The molecule has 4 aromatic rings. The van der Waals surface area contributed by atoms with Gasteiger partial charge in [-0.15, -0.1) is 0 Å². The lowest BCUT2D eigenvalue weighted by atomic mass is 10.00. The largest absolute Gasteiger partial charge is 0.434 e. The van der Waals surface area contributed by atoms with E-state index in [2.05, 4.69) is 5.32 Å². The van der Waals surface area contributed by atoms with Crippen molar-refractivity contribution in [2.75, 3.05) is 6.26 Å². The van der Waals surface area contributed by atoms with Crippen LogP contribution in [0.15, 0.2) is 59.5 Å². The molecule has 6 nitrogen and oxygen atoms in total. The first-order valence-electron chi connectivity index (χ1n) is 11.1. The summed E-state index contributed by atoms with van der Waals surface area (Å²) in [4.78, 5) is 5.11. The van der Waals surface area contributed by atoms with Crippen LogP contribution in [0.25, 0.3) is 34.1 Å². The Hall–Kier alpha value is -3.72. The molecule has 6 rings (SSSR count). The van der Waals surface area contributed by atoms with Crippen molar-refractivity contribution >= 4 is 32.8 Å². The zero-order chi connectivity index (χ0) is 24.5. The van der Waals surface area contributed by atoms with E-state index < -0.39 is 16.4 Å². The maximum Gasteiger partial charge on any atom is 0.387 e. The second-order valence-electron chi connectivity index (χ2n) is 8.87. The molecular formula is C26H21F2N3O3S. The molecular weight excluding hydrogens is 472 g/mol. The van der Waals surface area contributed by atoms with E-state index in [0.717, 1.165) is 44.5 Å². The Labute approximate surface area is 200 Å². The Balaban J connectivity index is 1.59. The van der Waals surface area contributed by atoms with Gasteiger partial charge in [0, 0.05) is 35.0 Å². The summed E-state index contributed by atoms with van der Waals surface area (Å²) >= 11 is 0. The van der Waals surface area contributed by atoms with Gasteiger partial charge in [-0.2, -0.15) is 8.78 Å². The number of hydrogen-bond acceptors (Lipinski definition) is 5. The van der Waals surface area contributed by atoms with Gasteiger partial charge in [-0.25, -0.2) is 13.4 Å². The van der Waals surface area contributed by atoms with Gasteiger partial charge in [0.2, 0.25) is 0 Å². The van der Waals surface area contributed by atoms with Gasteiger partial charge in [-0.3, -0.25) is 4.57 Å². The quantitative estimate of drug-likeness (QED) is 0.472. The van der Waals surface area contributed by atoms with Crippen LogP contribution in [0.2, 0.25) is 0 Å². The number of aryl methyl sites for hydroxylation is 1. The molecule has 35 heavy (non-hydrogen) atoms. The number of sulfone groups is 1. The van der Waals surface area contributed by atoms with Crippen LogP contribution in [-0.2, 0) is 9.84 Å². The normalized spacial score (nSPS) is 16.5. The van der Waals surface area contributed by atoms with E-state index in [1.807, 2.05) is 48.0 Å². The van der Waals surface area contributed by atoms with Gasteiger partial charge in [0.1, 0.15) is 11.6 Å². The van der Waals surface area contributed by atoms with E-state index in [1.54, 1.807) is 24.3 Å². The number of fused-ring (bicyclic) bond motifs is 8. The van der Waals surface area contributed by atoms with Crippen molar-refractivity contribution in [3.63, 3.8) is 0 Å². The lowest BCUT2D eigenvalue weighted by Crippen LogP contribution is -2.32. The highest BCUT2D eigenvalue weighted by Crippen LogP contribution is 2.38. The molecule has 2 bridgehead atoms. The third-order valence-corrected chi connectivity index (χ3v) is 7.71. The summed E-state index contributed by atoms with van der Waals surface area (Å²) in [5, 5.41) is 4.77. The molecule has 0 radical (unpaired) electrons. The van der Waals surface area contributed by atoms with E-state index in [1.165, 1.54) is 6.26 Å². The maximum absolute atomic E-state index is 13.2. The van der Waals surface area contributed by atoms with E-state index in [-0.39, 0.29) is 16.7 Å². The van der Waals surface area contributed by atoms with Gasteiger partial charge in [0.25, 0.3) is 0 Å². The zero-order valence-electron chi connectivity index (χ0n) is 18.9. The molecule has 1 aromatic heterocycles. The summed E-state index contributed by atoms with van der Waals surface area (Å²) in [5.74, 6) is 0.939. The lowest BCUT2D eigenvalue weighted by molar-refractivity contribution is -0.0505. The highest BCUT2D eigenvalue weighted by molar-refractivity contribution is 7.90. The highest BCUT2D eigenvalue weighted by Gasteiger charge is 2.32. The number of nitrogens with one attached hydrogen (secondary N) is 1. The van der Waals surface area contributed by atoms with Crippen LogP contribution >= 0.6 is 0 Å². The number of nitrogens with zero attached hydrogens (tertiary/aromatic N) is 2. The third-order valence-electron chi connectivity index (χ3n) is 6.60. The Bertz CT molecular complexity index is 1760. The molecule has 0 aliphatic carbocycles. The summed E-state index contributed by atoms with van der Waals surface area (Å²) in [6.45, 7) is -1.05. The summed E-state index contributed by atoms with van der Waals surface area (Å²) in [5.41, 5.74) is 5.14. The van der Waals surface area contributed by atoms with Gasteiger partial charge in [-0.1, -0.05) is 24.3 Å². The van der Waals surface area contributed by atoms with E-state index >= 15 is 0 Å². The minimum atomic E-state index is -3.31. The van der Waals surface area contributed by atoms with Crippen LogP contribution < -0.4 is 20.5 Å². The van der Waals surface area contributed by atoms with Crippen LogP contribution in [0, 0.1) is 6.92 Å². The SMILES string of the molecule is Cc1cc(S(C)(=O)=O)ccc1-c1ccc2nc3n(c2c1)C1=c2c(OC(F)F)cccc2=CN[C@@H]3C1. The van der Waals surface area contributed by atoms with Crippen LogP contribution in [0.1, 0.15) is 23.9 Å². The van der Waals surface area contributed by atoms with Crippen LogP contribution in [-0.4, -0.2) is 30.8 Å². The monoisotopic (exact) mass is 493 g/mol. The average Bonchev–Trinajstić information content (AvgIpc) is 3.26. The molecule has 178 valence electrons. The van der Waals surface area contributed by atoms with Crippen molar-refractivity contribution in [1.82, 2.24) is 14.9 Å². The number of aromatic nitrogens is 2. The van der Waals surface area contributed by atoms with Crippen molar-refractivity contribution < 1.29 is 21.9 Å². The molecule has 3 heterocycles. The first kappa shape index (κ1) is 21.8. The van der Waals surface area contributed by atoms with Gasteiger partial charge in [0.05, 0.1) is 22.0 Å². The molecule has 0 saturated carbocycles. The fourth-order valence-corrected chi connectivity index (χ4v) is 5.76. The summed E-state index contributed by atoms with van der Waals surface area (Å²) in [6.07, 6.45) is 3.60. The maximum atomic E-state index is 13.2. The lowest BCUT2D eigenvalue weighted by Gasteiger charge is -2.12. The molecule has 0 saturated heterocycles. The molecule has 3 aromatic carbocycles. The molecule has 9 heteroatoms. The number of ether oxygens (including phenoxy) is 1. The topological polar surface area (TPSA) is 73.2 Å². The van der Waals surface area contributed by atoms with Crippen LogP contribution in [0.5, 0.6) is 5.75 Å². The van der Waals surface area contributed by atoms with Crippen molar-refractivity contribution in [1.29, 1.82) is 0 Å². The van der Waals surface area contributed by atoms with Crippen molar-refractivity contribution in [3.05, 3.63) is 76.4 Å². The second-order valence-corrected chi connectivity index (χ2v) is 10.9. The Kier molecular flexibility index (Phi) is 4.76. The molecule has 0 spiro atoms. The molecule has 0 unspecified atom stereocenters. The van der Waals surface area contributed by atoms with Gasteiger partial charge in [-0.05, 0) is 53.9 Å². The number of halogens is 2. The molecule has 1 atom stereocenters. The van der Waals surface area contributed by atoms with Crippen molar-refractivity contribution in [2.24, 2.45) is 0 Å². The molecule has 2 aliphatic heterocycles. The number of imidazole rings is 1. The minimum absolute atomic E-state index is 0.0940. The molecule has 0 amide bonds. The summed E-state index contributed by atoms with van der Waals surface area (Å²) in [6, 6.07) is 16.0. The molecule has 2 aliphatic rings. The zero-order valence-corrected chi connectivity index (χ0v) is 19.7. The third kappa shape index (κ3) is 3.49. The number of alkyl halides is 2. The van der Waals surface area contributed by atoms with E-state index in [4.69, 9.17) is 9.72 Å². The number of hydrogen-bond donors (Lipinski definition) is 1. The Morgan fingerprint density at radius 3 is 2.71 bits per heavy atom.